The normalized spacial score (nSPS) is 29.5. The molecule has 5 unspecified atom stereocenters. The van der Waals surface area contributed by atoms with Crippen LogP contribution in [-0.2, 0) is 19.1 Å². The van der Waals surface area contributed by atoms with Crippen LogP contribution in [0.15, 0.2) is 97.1 Å². The predicted molar refractivity (Wildman–Crippen MR) is 175 cm³/mol. The van der Waals surface area contributed by atoms with Crippen LogP contribution < -0.4 is 4.90 Å². The highest BCUT2D eigenvalue weighted by molar-refractivity contribution is 8.00. The standard InChI is InChI=1S/C36H32FNO10S/c37-21-12-9-18(10-13-21)26(47-35-29(41)27-31(42)36(27,46)32(48-35)34(44)45)17-49-30-28(38(33(30)43)22-6-2-1-3-7-22)24-14-11-20(16-25(24)40)19-5-4-8-23(39)15-19/h1-16,26-32,35,39-42,46H,17H2,(H,44,45)/t26-,27?,28+,29?,30+,31?,32?,35+,36?/m0/s1. The van der Waals surface area contributed by atoms with Crippen molar-refractivity contribution in [2.45, 2.75) is 47.6 Å². The van der Waals surface area contributed by atoms with Crippen molar-refractivity contribution in [3.05, 3.63) is 114 Å². The summed E-state index contributed by atoms with van der Waals surface area (Å²) >= 11 is 1.19. The number of aliphatic hydroxyl groups is 3. The molecule has 7 rings (SSSR count). The molecular weight excluding hydrogens is 657 g/mol. The smallest absolute Gasteiger partial charge is 0.336 e. The molecule has 3 aliphatic rings. The number of carboxylic acid groups (broad SMARTS) is 1. The molecule has 0 bridgehead atoms. The van der Waals surface area contributed by atoms with Crippen LogP contribution in [0.2, 0.25) is 0 Å². The number of carbonyl (C=O) groups excluding carboxylic acids is 1. The van der Waals surface area contributed by atoms with E-state index < -0.39 is 65.3 Å². The molecule has 1 aliphatic carbocycles. The Morgan fingerprint density at radius 1 is 0.959 bits per heavy atom. The summed E-state index contributed by atoms with van der Waals surface area (Å²) in [6.45, 7) is 0. The third-order valence-electron chi connectivity index (χ3n) is 9.38. The van der Waals surface area contributed by atoms with Gasteiger partial charge in [-0.3, -0.25) is 4.79 Å². The van der Waals surface area contributed by atoms with Gasteiger partial charge >= 0.3 is 5.97 Å². The minimum Gasteiger partial charge on any atom is -0.508 e. The number of fused-ring (bicyclic) bond motifs is 1. The van der Waals surface area contributed by atoms with Crippen LogP contribution in [0.5, 0.6) is 11.5 Å². The molecule has 2 aliphatic heterocycles. The van der Waals surface area contributed by atoms with E-state index in [4.69, 9.17) is 9.47 Å². The third-order valence-corrected chi connectivity index (χ3v) is 10.7. The number of β-lactam (4-membered cyclic amide) rings is 1. The maximum absolute atomic E-state index is 13.9. The Hall–Kier alpha value is -4.50. The lowest BCUT2D eigenvalue weighted by Gasteiger charge is -2.47. The molecule has 254 valence electrons. The quantitative estimate of drug-likeness (QED) is 0.134. The third kappa shape index (κ3) is 5.82. The van der Waals surface area contributed by atoms with Crippen molar-refractivity contribution in [1.82, 2.24) is 0 Å². The molecule has 1 saturated carbocycles. The van der Waals surface area contributed by atoms with Crippen molar-refractivity contribution in [1.29, 1.82) is 0 Å². The molecule has 1 amide bonds. The summed E-state index contributed by atoms with van der Waals surface area (Å²) in [6, 6.07) is 25.3. The average Bonchev–Trinajstić information content (AvgIpc) is 3.65. The zero-order chi connectivity index (χ0) is 34.6. The van der Waals surface area contributed by atoms with Crippen LogP contribution in [0.1, 0.15) is 23.3 Å². The van der Waals surface area contributed by atoms with E-state index in [0.29, 0.717) is 27.9 Å². The molecule has 4 aromatic carbocycles. The van der Waals surface area contributed by atoms with Gasteiger partial charge in [-0.05, 0) is 59.2 Å². The van der Waals surface area contributed by atoms with Crippen LogP contribution in [0.4, 0.5) is 10.1 Å². The van der Waals surface area contributed by atoms with E-state index in [1.807, 2.05) is 6.07 Å². The fourth-order valence-corrected chi connectivity index (χ4v) is 8.12. The highest BCUT2D eigenvalue weighted by Gasteiger charge is 2.77. The number of hydrogen-bond acceptors (Lipinski definition) is 10. The van der Waals surface area contributed by atoms with Gasteiger partial charge in [0, 0.05) is 17.0 Å². The summed E-state index contributed by atoms with van der Waals surface area (Å²) < 4.78 is 25.5. The Morgan fingerprint density at radius 2 is 1.67 bits per heavy atom. The molecule has 49 heavy (non-hydrogen) atoms. The van der Waals surface area contributed by atoms with Gasteiger partial charge in [0.05, 0.1) is 24.2 Å². The number of aliphatic carboxylic acids is 1. The zero-order valence-corrected chi connectivity index (χ0v) is 26.4. The zero-order valence-electron chi connectivity index (χ0n) is 25.6. The molecule has 2 saturated heterocycles. The second-order valence-corrected chi connectivity index (χ2v) is 13.5. The first kappa shape index (κ1) is 33.0. The molecule has 0 radical (unpaired) electrons. The number of para-hydroxylation sites is 1. The van der Waals surface area contributed by atoms with Crippen LogP contribution in [-0.4, -0.2) is 83.7 Å². The van der Waals surface area contributed by atoms with E-state index in [1.165, 1.54) is 36.0 Å². The number of aromatic hydroxyl groups is 2. The average molecular weight is 690 g/mol. The first-order valence-electron chi connectivity index (χ1n) is 15.5. The summed E-state index contributed by atoms with van der Waals surface area (Å²) in [5, 5.41) is 62.0. The predicted octanol–water partition coefficient (Wildman–Crippen LogP) is 3.74. The lowest BCUT2D eigenvalue weighted by Crippen LogP contribution is -2.58. The summed E-state index contributed by atoms with van der Waals surface area (Å²) in [5.74, 6) is -3.48. The number of carbonyl (C=O) groups is 2. The summed E-state index contributed by atoms with van der Waals surface area (Å²) in [4.78, 5) is 27.3. The van der Waals surface area contributed by atoms with E-state index in [1.54, 1.807) is 71.6 Å². The number of phenols is 2. The Kier molecular flexibility index (Phi) is 8.59. The number of hydrogen-bond donors (Lipinski definition) is 6. The number of ether oxygens (including phenoxy) is 2. The number of anilines is 1. The number of aliphatic hydroxyl groups excluding tert-OH is 2. The van der Waals surface area contributed by atoms with E-state index in [0.717, 1.165) is 0 Å². The summed E-state index contributed by atoms with van der Waals surface area (Å²) in [7, 11) is 0. The van der Waals surface area contributed by atoms with Crippen LogP contribution in [0.3, 0.4) is 0 Å². The number of nitrogens with zero attached hydrogens (tertiary/aromatic N) is 1. The highest BCUT2D eigenvalue weighted by Crippen LogP contribution is 2.55. The number of amides is 1. The number of benzene rings is 4. The van der Waals surface area contributed by atoms with Crippen LogP contribution in [0, 0.1) is 11.7 Å². The van der Waals surface area contributed by atoms with Gasteiger partial charge in [-0.2, -0.15) is 0 Å². The van der Waals surface area contributed by atoms with Crippen molar-refractivity contribution in [3.8, 4) is 22.6 Å². The van der Waals surface area contributed by atoms with Crippen molar-refractivity contribution in [2.75, 3.05) is 10.7 Å². The maximum Gasteiger partial charge on any atom is 0.336 e. The lowest BCUT2D eigenvalue weighted by molar-refractivity contribution is -0.278. The van der Waals surface area contributed by atoms with E-state index in [-0.39, 0.29) is 23.2 Å². The van der Waals surface area contributed by atoms with Crippen LogP contribution in [0.25, 0.3) is 11.1 Å². The molecule has 11 nitrogen and oxygen atoms in total. The molecule has 0 aromatic heterocycles. The first-order chi connectivity index (χ1) is 23.5. The monoisotopic (exact) mass is 689 g/mol. The number of carboxylic acids is 1. The number of phenolic OH excluding ortho intramolecular Hbond substituents is 2. The van der Waals surface area contributed by atoms with Crippen molar-refractivity contribution < 1.29 is 54.1 Å². The fraction of sp³-hybridized carbons (Fsp3) is 0.278. The molecule has 0 spiro atoms. The summed E-state index contributed by atoms with van der Waals surface area (Å²) in [6.07, 6.45) is -7.55. The number of thioether (sulfide) groups is 1. The van der Waals surface area contributed by atoms with Gasteiger partial charge in [-0.1, -0.05) is 54.6 Å². The van der Waals surface area contributed by atoms with Gasteiger partial charge < -0.3 is 45.0 Å². The fourth-order valence-electron chi connectivity index (χ4n) is 6.76. The second-order valence-electron chi connectivity index (χ2n) is 12.3. The topological polar surface area (TPSA) is 177 Å². The van der Waals surface area contributed by atoms with Gasteiger partial charge in [0.15, 0.2) is 12.4 Å². The largest absolute Gasteiger partial charge is 0.508 e. The van der Waals surface area contributed by atoms with E-state index >= 15 is 0 Å². The molecule has 3 fully saturated rings. The van der Waals surface area contributed by atoms with Gasteiger partial charge in [0.1, 0.15) is 34.3 Å². The van der Waals surface area contributed by atoms with E-state index in [2.05, 4.69) is 0 Å². The Labute approximate surface area is 283 Å². The molecule has 13 heteroatoms. The van der Waals surface area contributed by atoms with E-state index in [9.17, 15) is 44.6 Å². The minimum absolute atomic E-state index is 0.0467. The minimum atomic E-state index is -2.17. The molecule has 6 N–H and O–H groups in total. The molecule has 4 aromatic rings. The second kappa shape index (κ2) is 12.8. The SMILES string of the molecule is O=C(O)C1O[C@@H](O[C@@H](CS[C@H]2C(=O)N(c3ccccc3)[C@@H]2c2ccc(-c3cccc(O)c3)cc2O)c2ccc(F)cc2)C(O)C2C(O)C12O. The van der Waals surface area contributed by atoms with Gasteiger partial charge in [-0.15, -0.1) is 11.8 Å². The van der Waals surface area contributed by atoms with Crippen molar-refractivity contribution >= 4 is 29.3 Å². The van der Waals surface area contributed by atoms with Gasteiger partial charge in [0.25, 0.3) is 0 Å². The Morgan fingerprint density at radius 3 is 2.35 bits per heavy atom. The molecule has 9 atom stereocenters. The Balaban J connectivity index is 1.17. The van der Waals surface area contributed by atoms with Crippen LogP contribution >= 0.6 is 11.8 Å². The lowest BCUT2D eigenvalue weighted by atomic mass is 9.90. The Bertz CT molecular complexity index is 1880. The molecular formula is C36H32FNO10S. The molecule has 2 heterocycles. The first-order valence-corrected chi connectivity index (χ1v) is 16.5. The maximum atomic E-state index is 13.9. The summed E-state index contributed by atoms with van der Waals surface area (Å²) in [5.41, 5.74) is 0.700. The number of rotatable bonds is 10. The van der Waals surface area contributed by atoms with Crippen molar-refractivity contribution in [2.24, 2.45) is 5.92 Å². The van der Waals surface area contributed by atoms with Gasteiger partial charge in [0.2, 0.25) is 5.91 Å². The van der Waals surface area contributed by atoms with Crippen molar-refractivity contribution in [3.63, 3.8) is 0 Å². The van der Waals surface area contributed by atoms with Gasteiger partial charge in [-0.25, -0.2) is 9.18 Å². The number of halogens is 1. The highest BCUT2D eigenvalue weighted by atomic mass is 32.2.